The average molecular weight is 298 g/mol. The Hall–Kier alpha value is -1.30. The van der Waals surface area contributed by atoms with E-state index in [1.54, 1.807) is 0 Å². The number of carbonyl (C=O) groups is 2. The lowest BCUT2D eigenvalue weighted by Crippen LogP contribution is -2.47. The van der Waals surface area contributed by atoms with Gasteiger partial charge in [-0.3, -0.25) is 0 Å². The minimum absolute atomic E-state index is 0.103. The standard InChI is InChI=1S/C15H26N2O4/c1-2-10-3-5-11(6-4-10)8-16-15(21)17-9-12(18)7-13(17)14(19)20/h10-13,18H,2-9H2,1H3,(H,16,21)(H,19,20)/t10?,11?,12?,13-/m0/s1. The van der Waals surface area contributed by atoms with Crippen LogP contribution in [0.1, 0.15) is 45.4 Å². The number of aliphatic hydroxyl groups is 1. The van der Waals surface area contributed by atoms with E-state index in [-0.39, 0.29) is 19.0 Å². The zero-order valence-corrected chi connectivity index (χ0v) is 12.6. The van der Waals surface area contributed by atoms with Gasteiger partial charge in [-0.2, -0.15) is 0 Å². The highest BCUT2D eigenvalue weighted by Crippen LogP contribution is 2.30. The van der Waals surface area contributed by atoms with Gasteiger partial charge in [-0.15, -0.1) is 0 Å². The van der Waals surface area contributed by atoms with E-state index in [1.165, 1.54) is 24.2 Å². The van der Waals surface area contributed by atoms with Crippen LogP contribution in [-0.2, 0) is 4.79 Å². The predicted octanol–water partition coefficient (Wildman–Crippen LogP) is 1.43. The molecule has 1 aliphatic carbocycles. The molecule has 2 atom stereocenters. The second-order valence-electron chi connectivity index (χ2n) is 6.38. The number of carbonyl (C=O) groups excluding carboxylic acids is 1. The Morgan fingerprint density at radius 2 is 1.81 bits per heavy atom. The van der Waals surface area contributed by atoms with Crippen molar-refractivity contribution < 1.29 is 19.8 Å². The summed E-state index contributed by atoms with van der Waals surface area (Å²) < 4.78 is 0. The number of nitrogens with one attached hydrogen (secondary N) is 1. The van der Waals surface area contributed by atoms with Crippen LogP contribution in [-0.4, -0.2) is 52.3 Å². The SMILES string of the molecule is CCC1CCC(CNC(=O)N2CC(O)C[C@H]2C(=O)O)CC1. The molecule has 3 N–H and O–H groups in total. The van der Waals surface area contributed by atoms with Crippen LogP contribution in [0.4, 0.5) is 4.79 Å². The molecule has 120 valence electrons. The van der Waals surface area contributed by atoms with Crippen LogP contribution in [0.3, 0.4) is 0 Å². The topological polar surface area (TPSA) is 89.9 Å². The first-order valence-electron chi connectivity index (χ1n) is 7.96. The first-order chi connectivity index (χ1) is 10.0. The molecule has 2 rings (SSSR count). The third kappa shape index (κ3) is 4.09. The normalized spacial score (nSPS) is 33.0. The summed E-state index contributed by atoms with van der Waals surface area (Å²) in [6.45, 7) is 2.93. The van der Waals surface area contributed by atoms with Gasteiger partial charge >= 0.3 is 12.0 Å². The molecule has 2 fully saturated rings. The van der Waals surface area contributed by atoms with Gasteiger partial charge in [-0.25, -0.2) is 9.59 Å². The highest BCUT2D eigenvalue weighted by Gasteiger charge is 2.39. The van der Waals surface area contributed by atoms with E-state index in [0.717, 1.165) is 18.8 Å². The molecule has 2 amide bonds. The van der Waals surface area contributed by atoms with E-state index in [2.05, 4.69) is 12.2 Å². The zero-order valence-electron chi connectivity index (χ0n) is 12.6. The van der Waals surface area contributed by atoms with Crippen molar-refractivity contribution in [2.75, 3.05) is 13.1 Å². The van der Waals surface area contributed by atoms with Gasteiger partial charge in [0.25, 0.3) is 0 Å². The summed E-state index contributed by atoms with van der Waals surface area (Å²) in [6, 6.07) is -1.27. The number of hydrogen-bond acceptors (Lipinski definition) is 3. The highest BCUT2D eigenvalue weighted by molar-refractivity contribution is 5.83. The number of aliphatic hydroxyl groups excluding tert-OH is 1. The van der Waals surface area contributed by atoms with Crippen molar-refractivity contribution in [3.05, 3.63) is 0 Å². The van der Waals surface area contributed by atoms with Gasteiger partial charge in [-0.05, 0) is 24.7 Å². The molecule has 1 unspecified atom stereocenters. The number of carboxylic acid groups (broad SMARTS) is 1. The molecule has 0 aromatic heterocycles. The van der Waals surface area contributed by atoms with Crippen molar-refractivity contribution in [2.45, 2.75) is 57.6 Å². The fourth-order valence-electron chi connectivity index (χ4n) is 3.45. The fourth-order valence-corrected chi connectivity index (χ4v) is 3.45. The summed E-state index contributed by atoms with van der Waals surface area (Å²) in [4.78, 5) is 24.5. The van der Waals surface area contributed by atoms with Crippen LogP contribution in [0.15, 0.2) is 0 Å². The Balaban J connectivity index is 1.78. The maximum Gasteiger partial charge on any atom is 0.326 e. The average Bonchev–Trinajstić information content (AvgIpc) is 2.87. The molecule has 1 saturated carbocycles. The molecular weight excluding hydrogens is 272 g/mol. The van der Waals surface area contributed by atoms with Crippen LogP contribution < -0.4 is 5.32 Å². The maximum absolute atomic E-state index is 12.1. The van der Waals surface area contributed by atoms with Crippen LogP contribution in [0.5, 0.6) is 0 Å². The third-order valence-corrected chi connectivity index (χ3v) is 4.91. The Morgan fingerprint density at radius 1 is 1.19 bits per heavy atom. The van der Waals surface area contributed by atoms with E-state index >= 15 is 0 Å². The number of urea groups is 1. The first kappa shape index (κ1) is 16.1. The molecule has 0 radical (unpaired) electrons. The summed E-state index contributed by atoms with van der Waals surface area (Å²) in [5.41, 5.74) is 0. The van der Waals surface area contributed by atoms with Gasteiger partial charge in [0, 0.05) is 19.5 Å². The second-order valence-corrected chi connectivity index (χ2v) is 6.38. The molecule has 0 bridgehead atoms. The summed E-state index contributed by atoms with van der Waals surface area (Å²) >= 11 is 0. The number of aliphatic carboxylic acids is 1. The van der Waals surface area contributed by atoms with Crippen molar-refractivity contribution in [3.63, 3.8) is 0 Å². The predicted molar refractivity (Wildman–Crippen MR) is 77.9 cm³/mol. The fraction of sp³-hybridized carbons (Fsp3) is 0.867. The molecule has 6 heteroatoms. The van der Waals surface area contributed by atoms with Crippen LogP contribution in [0.25, 0.3) is 0 Å². The molecule has 0 spiro atoms. The van der Waals surface area contributed by atoms with Crippen LogP contribution in [0.2, 0.25) is 0 Å². The van der Waals surface area contributed by atoms with E-state index in [4.69, 9.17) is 5.11 Å². The number of β-amino-alcohol motifs (C(OH)–C–C–N with tert-alkyl or cyclic N) is 1. The molecule has 1 aliphatic heterocycles. The number of nitrogens with zero attached hydrogens (tertiary/aromatic N) is 1. The molecule has 1 saturated heterocycles. The Labute approximate surface area is 125 Å². The number of carboxylic acids is 1. The zero-order chi connectivity index (χ0) is 15.4. The summed E-state index contributed by atoms with van der Waals surface area (Å²) in [5, 5.41) is 21.5. The number of hydrogen-bond donors (Lipinski definition) is 3. The summed E-state index contributed by atoms with van der Waals surface area (Å²) in [7, 11) is 0. The summed E-state index contributed by atoms with van der Waals surface area (Å²) in [5.74, 6) is 0.264. The minimum atomic E-state index is -1.05. The van der Waals surface area contributed by atoms with Crippen molar-refractivity contribution in [3.8, 4) is 0 Å². The smallest absolute Gasteiger partial charge is 0.326 e. The Kier molecular flexibility index (Phi) is 5.45. The van der Waals surface area contributed by atoms with Crippen molar-refractivity contribution >= 4 is 12.0 Å². The van der Waals surface area contributed by atoms with Gasteiger partial charge in [0.2, 0.25) is 0 Å². The number of rotatable bonds is 4. The third-order valence-electron chi connectivity index (χ3n) is 4.91. The van der Waals surface area contributed by atoms with Gasteiger partial charge in [0.05, 0.1) is 6.10 Å². The largest absolute Gasteiger partial charge is 0.480 e. The molecular formula is C15H26N2O4. The lowest BCUT2D eigenvalue weighted by Gasteiger charge is -2.29. The Morgan fingerprint density at radius 3 is 2.38 bits per heavy atom. The lowest BCUT2D eigenvalue weighted by atomic mass is 9.81. The van der Waals surface area contributed by atoms with Crippen LogP contribution in [0, 0.1) is 11.8 Å². The Bertz CT molecular complexity index is 380. The quantitative estimate of drug-likeness (QED) is 0.732. The minimum Gasteiger partial charge on any atom is -0.480 e. The van der Waals surface area contributed by atoms with Gasteiger partial charge in [0.15, 0.2) is 0 Å². The number of amides is 2. The van der Waals surface area contributed by atoms with Gasteiger partial charge < -0.3 is 20.4 Å². The summed E-state index contributed by atoms with van der Waals surface area (Å²) in [6.07, 6.45) is 5.30. The number of likely N-dealkylation sites (tertiary alicyclic amines) is 1. The van der Waals surface area contributed by atoms with Crippen LogP contribution >= 0.6 is 0 Å². The molecule has 0 aromatic rings. The molecule has 6 nitrogen and oxygen atoms in total. The lowest BCUT2D eigenvalue weighted by molar-refractivity contribution is -0.141. The maximum atomic E-state index is 12.1. The van der Waals surface area contributed by atoms with Gasteiger partial charge in [-0.1, -0.05) is 26.2 Å². The van der Waals surface area contributed by atoms with E-state index in [1.807, 2.05) is 0 Å². The van der Waals surface area contributed by atoms with Crippen molar-refractivity contribution in [1.82, 2.24) is 10.2 Å². The van der Waals surface area contributed by atoms with E-state index in [9.17, 15) is 14.7 Å². The molecule has 0 aromatic carbocycles. The monoisotopic (exact) mass is 298 g/mol. The van der Waals surface area contributed by atoms with Crippen molar-refractivity contribution in [2.24, 2.45) is 11.8 Å². The van der Waals surface area contributed by atoms with E-state index in [0.29, 0.717) is 12.5 Å². The molecule has 1 heterocycles. The van der Waals surface area contributed by atoms with Gasteiger partial charge in [0.1, 0.15) is 6.04 Å². The van der Waals surface area contributed by atoms with E-state index < -0.39 is 18.1 Å². The molecule has 21 heavy (non-hydrogen) atoms. The molecule has 2 aliphatic rings. The van der Waals surface area contributed by atoms with Crippen molar-refractivity contribution in [1.29, 1.82) is 0 Å². The first-order valence-corrected chi connectivity index (χ1v) is 7.96. The highest BCUT2D eigenvalue weighted by atomic mass is 16.4. The second kappa shape index (κ2) is 7.11.